The minimum absolute atomic E-state index is 0.0599. The van der Waals surface area contributed by atoms with Crippen molar-refractivity contribution in [1.82, 2.24) is 5.32 Å². The van der Waals surface area contributed by atoms with E-state index in [0.29, 0.717) is 22.7 Å². The van der Waals surface area contributed by atoms with Crippen LogP contribution in [0.4, 0.5) is 0 Å². The second-order valence-electron chi connectivity index (χ2n) is 10.2. The van der Waals surface area contributed by atoms with E-state index >= 15 is 0 Å². The van der Waals surface area contributed by atoms with E-state index in [4.69, 9.17) is 4.74 Å². The number of ether oxygens (including phenoxy) is 1. The number of carbonyl (C=O) groups is 1. The molecule has 144 valence electrons. The molecule has 5 aliphatic rings. The molecule has 0 amide bonds. The molecule has 5 fully saturated rings. The van der Waals surface area contributed by atoms with Gasteiger partial charge in [-0.2, -0.15) is 0 Å². The minimum atomic E-state index is 0.0599. The van der Waals surface area contributed by atoms with Gasteiger partial charge < -0.3 is 10.1 Å². The van der Waals surface area contributed by atoms with Gasteiger partial charge in [0.25, 0.3) is 0 Å². The van der Waals surface area contributed by atoms with E-state index in [1.165, 1.54) is 56.9 Å². The van der Waals surface area contributed by atoms with Crippen molar-refractivity contribution in [2.45, 2.75) is 64.0 Å². The summed E-state index contributed by atoms with van der Waals surface area (Å²) in [5.74, 6) is 2.11. The van der Waals surface area contributed by atoms with Crippen molar-refractivity contribution in [3.8, 4) is 0 Å². The number of hydrogen-bond acceptors (Lipinski definition) is 3. The molecule has 0 radical (unpaired) electrons. The number of rotatable bonds is 4. The lowest BCUT2D eigenvalue weighted by molar-refractivity contribution is -0.147. The van der Waals surface area contributed by atoms with Gasteiger partial charge in [0.05, 0.1) is 5.92 Å². The molecule has 3 nitrogen and oxygen atoms in total. The lowest BCUT2D eigenvalue weighted by atomic mass is 9.73. The summed E-state index contributed by atoms with van der Waals surface area (Å²) in [6.45, 7) is 1.61. The highest BCUT2D eigenvalue weighted by Gasteiger charge is 2.69. The topological polar surface area (TPSA) is 38.3 Å². The number of nitrogens with one attached hydrogen (secondary N) is 1. The molecule has 27 heavy (non-hydrogen) atoms. The van der Waals surface area contributed by atoms with Crippen LogP contribution in [-0.4, -0.2) is 18.6 Å². The van der Waals surface area contributed by atoms with Gasteiger partial charge in [-0.15, -0.1) is 0 Å². The zero-order valence-corrected chi connectivity index (χ0v) is 16.2. The van der Waals surface area contributed by atoms with Crippen LogP contribution in [0.15, 0.2) is 30.3 Å². The molecule has 4 saturated carbocycles. The number of fused-ring (bicyclic) bond motifs is 5. The van der Waals surface area contributed by atoms with E-state index in [-0.39, 0.29) is 18.0 Å². The van der Waals surface area contributed by atoms with Crippen molar-refractivity contribution in [2.24, 2.45) is 34.5 Å². The van der Waals surface area contributed by atoms with Crippen molar-refractivity contribution >= 4 is 5.97 Å². The minimum Gasteiger partial charge on any atom is -0.461 e. The highest BCUT2D eigenvalue weighted by Crippen LogP contribution is 2.74. The van der Waals surface area contributed by atoms with E-state index in [0.717, 1.165) is 19.0 Å². The van der Waals surface area contributed by atoms with E-state index in [1.807, 2.05) is 6.07 Å². The second-order valence-corrected chi connectivity index (χ2v) is 10.2. The van der Waals surface area contributed by atoms with Crippen LogP contribution >= 0.6 is 0 Å². The number of hydrogen-bond donors (Lipinski definition) is 1. The smallest absolute Gasteiger partial charge is 0.310 e. The summed E-state index contributed by atoms with van der Waals surface area (Å²) in [7, 11) is 0. The molecule has 6 rings (SSSR count). The van der Waals surface area contributed by atoms with Crippen LogP contribution in [0.25, 0.3) is 0 Å². The molecule has 1 aromatic rings. The molecule has 1 aromatic carbocycles. The lowest BCUT2D eigenvalue weighted by Gasteiger charge is -2.33. The van der Waals surface area contributed by atoms with Crippen molar-refractivity contribution in [2.75, 3.05) is 6.54 Å². The highest BCUT2D eigenvalue weighted by atomic mass is 16.6. The van der Waals surface area contributed by atoms with Crippen molar-refractivity contribution in [1.29, 1.82) is 0 Å². The van der Waals surface area contributed by atoms with E-state index in [2.05, 4.69) is 29.6 Å². The first-order valence-electron chi connectivity index (χ1n) is 11.2. The standard InChI is InChI=1S/C24H31NO2/c26-22-18(15-25-14-16-4-2-1-3-5-16)17-6-8-23(10-11-23)19-7-9-24(12-13-24)20(19)21(17)27-22/h1-5,17-21,25H,6-15H2. The SMILES string of the molecule is O=C1OC2C(CCC3(CC3)C3CCC4(CC4)C23)C1CNCc1ccccc1. The Morgan fingerprint density at radius 2 is 1.70 bits per heavy atom. The summed E-state index contributed by atoms with van der Waals surface area (Å²) in [6, 6.07) is 10.5. The third kappa shape index (κ3) is 2.53. The van der Waals surface area contributed by atoms with Gasteiger partial charge in [0, 0.05) is 24.9 Å². The predicted molar refractivity (Wildman–Crippen MR) is 104 cm³/mol. The summed E-state index contributed by atoms with van der Waals surface area (Å²) >= 11 is 0. The molecule has 0 bridgehead atoms. The monoisotopic (exact) mass is 365 g/mol. The Balaban J connectivity index is 1.21. The molecule has 0 aromatic heterocycles. The molecule has 1 heterocycles. The molecule has 1 N–H and O–H groups in total. The van der Waals surface area contributed by atoms with Crippen LogP contribution in [0.5, 0.6) is 0 Å². The molecule has 3 heteroatoms. The summed E-state index contributed by atoms with van der Waals surface area (Å²) in [5.41, 5.74) is 2.47. The van der Waals surface area contributed by atoms with Crippen LogP contribution in [0.2, 0.25) is 0 Å². The molecule has 4 aliphatic carbocycles. The average molecular weight is 366 g/mol. The van der Waals surface area contributed by atoms with Gasteiger partial charge in [-0.1, -0.05) is 30.3 Å². The first kappa shape index (κ1) is 16.6. The maximum atomic E-state index is 12.8. The maximum absolute atomic E-state index is 12.8. The number of carbonyl (C=O) groups excluding carboxylic acids is 1. The first-order valence-corrected chi connectivity index (χ1v) is 11.2. The Bertz CT molecular complexity index is 736. The van der Waals surface area contributed by atoms with Gasteiger partial charge in [-0.05, 0) is 73.7 Å². The Hall–Kier alpha value is -1.35. The van der Waals surface area contributed by atoms with Crippen molar-refractivity contribution < 1.29 is 9.53 Å². The first-order chi connectivity index (χ1) is 13.2. The second kappa shape index (κ2) is 5.83. The van der Waals surface area contributed by atoms with Crippen molar-refractivity contribution in [3.05, 3.63) is 35.9 Å². The van der Waals surface area contributed by atoms with Crippen LogP contribution in [-0.2, 0) is 16.1 Å². The zero-order valence-electron chi connectivity index (χ0n) is 16.2. The summed E-state index contributed by atoms with van der Waals surface area (Å²) < 4.78 is 6.19. The molecule has 1 aliphatic heterocycles. The molecule has 5 atom stereocenters. The Morgan fingerprint density at radius 1 is 0.963 bits per heavy atom. The van der Waals surface area contributed by atoms with Gasteiger partial charge in [0.15, 0.2) is 0 Å². The van der Waals surface area contributed by atoms with Gasteiger partial charge in [-0.3, -0.25) is 4.79 Å². The van der Waals surface area contributed by atoms with Gasteiger partial charge in [-0.25, -0.2) is 0 Å². The number of benzene rings is 1. The number of esters is 1. The third-order valence-corrected chi connectivity index (χ3v) is 9.02. The third-order valence-electron chi connectivity index (χ3n) is 9.02. The average Bonchev–Trinajstić information content (AvgIpc) is 3.57. The van der Waals surface area contributed by atoms with Crippen LogP contribution in [0.3, 0.4) is 0 Å². The van der Waals surface area contributed by atoms with Crippen molar-refractivity contribution in [3.63, 3.8) is 0 Å². The molecule has 2 spiro atoms. The van der Waals surface area contributed by atoms with E-state index in [9.17, 15) is 4.79 Å². The molecular formula is C24H31NO2. The fourth-order valence-electron chi connectivity index (χ4n) is 7.27. The summed E-state index contributed by atoms with van der Waals surface area (Å²) in [6.07, 6.45) is 11.2. The summed E-state index contributed by atoms with van der Waals surface area (Å²) in [5, 5.41) is 3.56. The Labute approximate surface area is 162 Å². The van der Waals surface area contributed by atoms with E-state index in [1.54, 1.807) is 0 Å². The molecule has 1 saturated heterocycles. The van der Waals surface area contributed by atoms with Crippen LogP contribution in [0, 0.1) is 34.5 Å². The van der Waals surface area contributed by atoms with Gasteiger partial charge in [0.1, 0.15) is 6.10 Å². The fraction of sp³-hybridized carbons (Fsp3) is 0.708. The Morgan fingerprint density at radius 3 is 2.44 bits per heavy atom. The highest BCUT2D eigenvalue weighted by molar-refractivity contribution is 5.75. The molecular weight excluding hydrogens is 334 g/mol. The van der Waals surface area contributed by atoms with Gasteiger partial charge >= 0.3 is 5.97 Å². The van der Waals surface area contributed by atoms with Gasteiger partial charge in [0.2, 0.25) is 0 Å². The predicted octanol–water partition coefficient (Wildman–Crippen LogP) is 4.31. The van der Waals surface area contributed by atoms with E-state index < -0.39 is 0 Å². The summed E-state index contributed by atoms with van der Waals surface area (Å²) in [4.78, 5) is 12.8. The zero-order chi connectivity index (χ0) is 18.1. The Kier molecular flexibility index (Phi) is 3.58. The van der Waals surface area contributed by atoms with Crippen LogP contribution < -0.4 is 5.32 Å². The maximum Gasteiger partial charge on any atom is 0.310 e. The quantitative estimate of drug-likeness (QED) is 0.808. The lowest BCUT2D eigenvalue weighted by Crippen LogP contribution is -2.36. The molecule has 5 unspecified atom stereocenters. The van der Waals surface area contributed by atoms with Crippen LogP contribution in [0.1, 0.15) is 56.9 Å². The largest absolute Gasteiger partial charge is 0.461 e. The normalized spacial score (nSPS) is 39.7. The fourth-order valence-corrected chi connectivity index (χ4v) is 7.27.